The highest BCUT2D eigenvalue weighted by atomic mass is 32.1. The minimum absolute atomic E-state index is 0.422. The summed E-state index contributed by atoms with van der Waals surface area (Å²) in [5.74, 6) is 5.88. The van der Waals surface area contributed by atoms with Crippen molar-refractivity contribution >= 4 is 11.3 Å². The summed E-state index contributed by atoms with van der Waals surface area (Å²) in [7, 11) is 0. The quantitative estimate of drug-likeness (QED) is 0.672. The highest BCUT2D eigenvalue weighted by molar-refractivity contribution is 7.09. The lowest BCUT2D eigenvalue weighted by molar-refractivity contribution is 0.154. The summed E-state index contributed by atoms with van der Waals surface area (Å²) in [5, 5.41) is 1.94. The van der Waals surface area contributed by atoms with Crippen molar-refractivity contribution in [3.8, 4) is 0 Å². The van der Waals surface area contributed by atoms with Gasteiger partial charge in [-0.25, -0.2) is 5.01 Å². The fourth-order valence-corrected chi connectivity index (χ4v) is 2.43. The van der Waals surface area contributed by atoms with Crippen molar-refractivity contribution in [3.05, 3.63) is 16.6 Å². The molecule has 1 aliphatic rings. The molecule has 1 saturated heterocycles. The number of hydrazine groups is 1. The molecule has 2 rings (SSSR count). The van der Waals surface area contributed by atoms with Crippen LogP contribution in [0, 0.1) is 0 Å². The van der Waals surface area contributed by atoms with E-state index in [-0.39, 0.29) is 0 Å². The van der Waals surface area contributed by atoms with E-state index in [2.05, 4.69) is 4.98 Å². The maximum absolute atomic E-state index is 5.88. The van der Waals surface area contributed by atoms with E-state index >= 15 is 0 Å². The molecule has 66 valence electrons. The third-order valence-corrected chi connectivity index (χ3v) is 3.20. The molecule has 0 saturated carbocycles. The van der Waals surface area contributed by atoms with E-state index in [1.54, 1.807) is 11.3 Å². The highest BCUT2D eigenvalue weighted by Gasteiger charge is 2.21. The molecule has 3 nitrogen and oxygen atoms in total. The van der Waals surface area contributed by atoms with Crippen LogP contribution >= 0.6 is 11.3 Å². The van der Waals surface area contributed by atoms with E-state index in [0.717, 1.165) is 6.54 Å². The summed E-state index contributed by atoms with van der Waals surface area (Å²) in [6, 6.07) is 0.422. The van der Waals surface area contributed by atoms with Crippen LogP contribution in [0.2, 0.25) is 0 Å². The number of hydrogen-bond acceptors (Lipinski definition) is 4. The van der Waals surface area contributed by atoms with Crippen molar-refractivity contribution in [2.24, 2.45) is 5.84 Å². The molecule has 2 heterocycles. The lowest BCUT2D eigenvalue weighted by Gasteiger charge is -2.30. The second-order valence-corrected chi connectivity index (χ2v) is 4.07. The summed E-state index contributed by atoms with van der Waals surface area (Å²) < 4.78 is 0. The number of hydrogen-bond donors (Lipinski definition) is 1. The van der Waals surface area contributed by atoms with Crippen LogP contribution < -0.4 is 5.84 Å². The Morgan fingerprint density at radius 2 is 2.50 bits per heavy atom. The number of aromatic nitrogens is 1. The van der Waals surface area contributed by atoms with E-state index < -0.39 is 0 Å². The second-order valence-electron chi connectivity index (χ2n) is 3.15. The Kier molecular flexibility index (Phi) is 2.39. The van der Waals surface area contributed by atoms with Gasteiger partial charge < -0.3 is 0 Å². The molecule has 1 fully saturated rings. The van der Waals surface area contributed by atoms with Crippen molar-refractivity contribution in [2.75, 3.05) is 6.54 Å². The fourth-order valence-electron chi connectivity index (χ4n) is 1.65. The van der Waals surface area contributed by atoms with Crippen LogP contribution in [0.25, 0.3) is 0 Å². The maximum atomic E-state index is 5.88. The zero-order valence-electron chi connectivity index (χ0n) is 6.94. The second kappa shape index (κ2) is 3.51. The molecule has 1 atom stereocenters. The van der Waals surface area contributed by atoms with E-state index in [1.807, 2.05) is 16.7 Å². The van der Waals surface area contributed by atoms with Gasteiger partial charge in [-0.2, -0.15) is 0 Å². The monoisotopic (exact) mass is 183 g/mol. The Bertz CT molecular complexity index is 234. The Labute approximate surface area is 76.2 Å². The molecule has 2 N–H and O–H groups in total. The van der Waals surface area contributed by atoms with Gasteiger partial charge in [0.25, 0.3) is 0 Å². The van der Waals surface area contributed by atoms with Crippen molar-refractivity contribution in [3.63, 3.8) is 0 Å². The topological polar surface area (TPSA) is 42.1 Å². The molecule has 0 amide bonds. The average molecular weight is 183 g/mol. The van der Waals surface area contributed by atoms with Crippen LogP contribution in [-0.4, -0.2) is 16.5 Å². The molecule has 0 aliphatic carbocycles. The molecule has 12 heavy (non-hydrogen) atoms. The molecule has 1 aromatic heterocycles. The van der Waals surface area contributed by atoms with Crippen molar-refractivity contribution in [1.29, 1.82) is 0 Å². The standard InChI is InChI=1S/C8H13N3S/c9-11-4-2-1-3-7(11)8-5-10-6-12-8/h5-7H,1-4,9H2. The Hall–Kier alpha value is -0.450. The van der Waals surface area contributed by atoms with Crippen molar-refractivity contribution < 1.29 is 0 Å². The molecule has 0 bridgehead atoms. The number of rotatable bonds is 1. The molecule has 4 heteroatoms. The van der Waals surface area contributed by atoms with Gasteiger partial charge in [0, 0.05) is 17.6 Å². The molecular formula is C8H13N3S. The average Bonchev–Trinajstić information content (AvgIpc) is 2.57. The third-order valence-electron chi connectivity index (χ3n) is 2.32. The van der Waals surface area contributed by atoms with Crippen LogP contribution in [0.5, 0.6) is 0 Å². The van der Waals surface area contributed by atoms with Gasteiger partial charge in [-0.3, -0.25) is 10.8 Å². The summed E-state index contributed by atoms with van der Waals surface area (Å²) in [6.45, 7) is 1.02. The zero-order chi connectivity index (χ0) is 8.39. The molecule has 1 unspecified atom stereocenters. The Morgan fingerprint density at radius 1 is 1.58 bits per heavy atom. The lowest BCUT2D eigenvalue weighted by Crippen LogP contribution is -2.38. The smallest absolute Gasteiger partial charge is 0.0794 e. The van der Waals surface area contributed by atoms with Gasteiger partial charge in [0.05, 0.1) is 11.6 Å². The summed E-state index contributed by atoms with van der Waals surface area (Å²) in [5.41, 5.74) is 1.87. The highest BCUT2D eigenvalue weighted by Crippen LogP contribution is 2.30. The van der Waals surface area contributed by atoms with Gasteiger partial charge in [-0.15, -0.1) is 11.3 Å². The molecule has 1 aromatic rings. The summed E-state index contributed by atoms with van der Waals surface area (Å²) >= 11 is 1.70. The lowest BCUT2D eigenvalue weighted by atomic mass is 10.0. The van der Waals surface area contributed by atoms with Crippen molar-refractivity contribution in [1.82, 2.24) is 9.99 Å². The van der Waals surface area contributed by atoms with Gasteiger partial charge in [-0.1, -0.05) is 6.42 Å². The first-order valence-electron chi connectivity index (χ1n) is 4.27. The SMILES string of the molecule is NN1CCCCC1c1cncs1. The normalized spacial score (nSPS) is 25.9. The molecule has 0 spiro atoms. The summed E-state index contributed by atoms with van der Waals surface area (Å²) in [4.78, 5) is 5.37. The Morgan fingerprint density at radius 3 is 3.17 bits per heavy atom. The summed E-state index contributed by atoms with van der Waals surface area (Å²) in [6.07, 6.45) is 5.63. The van der Waals surface area contributed by atoms with Gasteiger partial charge >= 0.3 is 0 Å². The molecular weight excluding hydrogens is 170 g/mol. The van der Waals surface area contributed by atoms with Crippen LogP contribution in [0.3, 0.4) is 0 Å². The number of piperidine rings is 1. The van der Waals surface area contributed by atoms with Crippen LogP contribution in [0.1, 0.15) is 30.2 Å². The molecule has 0 aromatic carbocycles. The Balaban J connectivity index is 2.11. The van der Waals surface area contributed by atoms with Crippen LogP contribution in [0.15, 0.2) is 11.7 Å². The number of thiazole rings is 1. The van der Waals surface area contributed by atoms with Gasteiger partial charge in [0.2, 0.25) is 0 Å². The zero-order valence-corrected chi connectivity index (χ0v) is 7.76. The first kappa shape index (κ1) is 8.16. The third kappa shape index (κ3) is 1.50. The molecule has 1 aliphatic heterocycles. The number of nitrogens with zero attached hydrogens (tertiary/aromatic N) is 2. The predicted octanol–water partition coefficient (Wildman–Crippen LogP) is 1.54. The number of nitrogens with two attached hydrogens (primary N) is 1. The van der Waals surface area contributed by atoms with Gasteiger partial charge in [0.1, 0.15) is 0 Å². The fraction of sp³-hybridized carbons (Fsp3) is 0.625. The first-order valence-corrected chi connectivity index (χ1v) is 5.15. The minimum Gasteiger partial charge on any atom is -0.268 e. The first-order chi connectivity index (χ1) is 5.88. The van der Waals surface area contributed by atoms with E-state index in [0.29, 0.717) is 6.04 Å². The van der Waals surface area contributed by atoms with E-state index in [9.17, 15) is 0 Å². The van der Waals surface area contributed by atoms with Crippen LogP contribution in [0.4, 0.5) is 0 Å². The predicted molar refractivity (Wildman–Crippen MR) is 49.6 cm³/mol. The van der Waals surface area contributed by atoms with Gasteiger partial charge in [-0.05, 0) is 12.8 Å². The maximum Gasteiger partial charge on any atom is 0.0794 e. The van der Waals surface area contributed by atoms with Crippen LogP contribution in [-0.2, 0) is 0 Å². The van der Waals surface area contributed by atoms with E-state index in [1.165, 1.54) is 24.1 Å². The van der Waals surface area contributed by atoms with Crippen molar-refractivity contribution in [2.45, 2.75) is 25.3 Å². The van der Waals surface area contributed by atoms with Gasteiger partial charge in [0.15, 0.2) is 0 Å². The molecule has 0 radical (unpaired) electrons. The largest absolute Gasteiger partial charge is 0.268 e. The minimum atomic E-state index is 0.422. The van der Waals surface area contributed by atoms with E-state index in [4.69, 9.17) is 5.84 Å².